The Labute approximate surface area is 182 Å². The lowest BCUT2D eigenvalue weighted by Crippen LogP contribution is -2.46. The summed E-state index contributed by atoms with van der Waals surface area (Å²) in [6.07, 6.45) is 4.43. The van der Waals surface area contributed by atoms with Crippen LogP contribution in [0.25, 0.3) is 17.0 Å². The van der Waals surface area contributed by atoms with Gasteiger partial charge in [0.05, 0.1) is 17.9 Å². The molecule has 10 heteroatoms. The number of nitrogens with one attached hydrogen (secondary N) is 3. The monoisotopic (exact) mass is 444 g/mol. The van der Waals surface area contributed by atoms with Crippen molar-refractivity contribution < 1.29 is 18.0 Å². The summed E-state index contributed by atoms with van der Waals surface area (Å²) >= 11 is 0. The predicted molar refractivity (Wildman–Crippen MR) is 113 cm³/mol. The molecule has 7 nitrogen and oxygen atoms in total. The van der Waals surface area contributed by atoms with Gasteiger partial charge in [0.25, 0.3) is 5.91 Å². The molecule has 0 bridgehead atoms. The fourth-order valence-electron chi connectivity index (χ4n) is 3.85. The van der Waals surface area contributed by atoms with E-state index in [1.807, 2.05) is 0 Å². The van der Waals surface area contributed by atoms with E-state index in [1.54, 1.807) is 22.7 Å². The number of fused-ring (bicyclic) bond motifs is 1. The Morgan fingerprint density at radius 2 is 2.06 bits per heavy atom. The third-order valence-corrected chi connectivity index (χ3v) is 5.92. The van der Waals surface area contributed by atoms with Crippen molar-refractivity contribution in [3.8, 4) is 11.4 Å². The number of piperidine rings is 1. The molecule has 0 spiro atoms. The van der Waals surface area contributed by atoms with Gasteiger partial charge < -0.3 is 16.0 Å². The molecule has 0 unspecified atom stereocenters. The molecular formula is C22H23F3N6O. The Kier molecular flexibility index (Phi) is 5.46. The van der Waals surface area contributed by atoms with E-state index in [1.165, 1.54) is 6.20 Å². The number of alkyl halides is 1. The molecule has 1 amide bonds. The van der Waals surface area contributed by atoms with E-state index < -0.39 is 23.8 Å². The van der Waals surface area contributed by atoms with Crippen molar-refractivity contribution in [2.45, 2.75) is 31.5 Å². The van der Waals surface area contributed by atoms with Gasteiger partial charge in [0.1, 0.15) is 17.5 Å². The van der Waals surface area contributed by atoms with Crippen LogP contribution in [0.1, 0.15) is 29.6 Å². The van der Waals surface area contributed by atoms with E-state index in [0.29, 0.717) is 48.9 Å². The van der Waals surface area contributed by atoms with Crippen molar-refractivity contribution >= 4 is 17.4 Å². The van der Waals surface area contributed by atoms with Gasteiger partial charge in [-0.3, -0.25) is 9.20 Å². The summed E-state index contributed by atoms with van der Waals surface area (Å²) in [7, 11) is 0. The van der Waals surface area contributed by atoms with Crippen molar-refractivity contribution in [1.29, 1.82) is 0 Å². The Morgan fingerprint density at radius 1 is 1.22 bits per heavy atom. The van der Waals surface area contributed by atoms with Crippen LogP contribution in [-0.4, -0.2) is 52.1 Å². The maximum atomic E-state index is 14.6. The fourth-order valence-corrected chi connectivity index (χ4v) is 3.85. The number of nitrogens with zero attached hydrogens (tertiary/aromatic N) is 3. The van der Waals surface area contributed by atoms with Crippen LogP contribution >= 0.6 is 0 Å². The summed E-state index contributed by atoms with van der Waals surface area (Å²) in [5.41, 5.74) is 1.05. The zero-order valence-electron chi connectivity index (χ0n) is 17.2. The molecule has 1 aliphatic heterocycles. The highest BCUT2D eigenvalue weighted by atomic mass is 19.1. The molecule has 32 heavy (non-hydrogen) atoms. The number of hydrogen-bond acceptors (Lipinski definition) is 5. The van der Waals surface area contributed by atoms with Crippen LogP contribution in [0.15, 0.2) is 30.6 Å². The topological polar surface area (TPSA) is 83.4 Å². The van der Waals surface area contributed by atoms with Gasteiger partial charge in [-0.1, -0.05) is 0 Å². The number of halogens is 3. The molecule has 1 saturated carbocycles. The second kappa shape index (κ2) is 8.42. The number of amides is 1. The number of rotatable bonds is 6. The van der Waals surface area contributed by atoms with E-state index in [4.69, 9.17) is 0 Å². The Morgan fingerprint density at radius 3 is 2.84 bits per heavy atom. The summed E-state index contributed by atoms with van der Waals surface area (Å²) in [5.74, 6) is -1.60. The van der Waals surface area contributed by atoms with Crippen molar-refractivity contribution in [3.05, 3.63) is 47.8 Å². The van der Waals surface area contributed by atoms with E-state index >= 15 is 0 Å². The summed E-state index contributed by atoms with van der Waals surface area (Å²) in [6.45, 7) is 1.52. The molecule has 5 rings (SSSR count). The minimum Gasteiger partial charge on any atom is -0.361 e. The summed E-state index contributed by atoms with van der Waals surface area (Å²) < 4.78 is 44.7. The summed E-state index contributed by atoms with van der Waals surface area (Å²) in [4.78, 5) is 20.7. The van der Waals surface area contributed by atoms with Crippen molar-refractivity contribution in [2.24, 2.45) is 5.92 Å². The summed E-state index contributed by atoms with van der Waals surface area (Å²) in [6, 6.07) is 3.28. The lowest BCUT2D eigenvalue weighted by molar-refractivity contribution is 0.0951. The average Bonchev–Trinajstić information content (AvgIpc) is 3.53. The van der Waals surface area contributed by atoms with Crippen LogP contribution in [0.3, 0.4) is 0 Å². The molecule has 3 aromatic rings. The summed E-state index contributed by atoms with van der Waals surface area (Å²) in [5, 5.41) is 8.69. The second-order valence-corrected chi connectivity index (χ2v) is 8.35. The van der Waals surface area contributed by atoms with E-state index in [0.717, 1.165) is 18.9 Å². The average molecular weight is 444 g/mol. The van der Waals surface area contributed by atoms with Gasteiger partial charge in [-0.25, -0.2) is 23.1 Å². The number of carbonyl (C=O) groups excluding carboxylic acids is 1. The number of anilines is 1. The number of aromatic nitrogens is 3. The minimum atomic E-state index is -1.16. The SMILES string of the molecule is O=C(NCC1CC1)c1ccn2c(-c3nc(N[C@H]4CNCC[C@@H]4F)c(F)cc3F)cnc2c1. The van der Waals surface area contributed by atoms with Gasteiger partial charge in [0.15, 0.2) is 17.5 Å². The Hall–Kier alpha value is -3.14. The van der Waals surface area contributed by atoms with Crippen LogP contribution in [0.5, 0.6) is 0 Å². The molecule has 3 N–H and O–H groups in total. The molecule has 3 aromatic heterocycles. The highest BCUT2D eigenvalue weighted by molar-refractivity contribution is 5.95. The highest BCUT2D eigenvalue weighted by Crippen LogP contribution is 2.28. The maximum absolute atomic E-state index is 14.6. The number of pyridine rings is 2. The van der Waals surface area contributed by atoms with Gasteiger partial charge in [-0.2, -0.15) is 0 Å². The highest BCUT2D eigenvalue weighted by Gasteiger charge is 2.27. The third kappa shape index (κ3) is 4.14. The predicted octanol–water partition coefficient (Wildman–Crippen LogP) is 2.93. The normalized spacial score (nSPS) is 21.0. The number of carbonyl (C=O) groups is 1. The number of imidazole rings is 1. The van der Waals surface area contributed by atoms with Crippen LogP contribution in [0.4, 0.5) is 19.0 Å². The lowest BCUT2D eigenvalue weighted by atomic mass is 10.1. The van der Waals surface area contributed by atoms with Gasteiger partial charge >= 0.3 is 0 Å². The molecule has 4 heterocycles. The molecule has 2 aliphatic rings. The molecule has 2 fully saturated rings. The molecule has 0 aromatic carbocycles. The van der Waals surface area contributed by atoms with Gasteiger partial charge in [0.2, 0.25) is 0 Å². The zero-order chi connectivity index (χ0) is 22.2. The van der Waals surface area contributed by atoms with Crippen molar-refractivity contribution in [1.82, 2.24) is 25.0 Å². The van der Waals surface area contributed by atoms with E-state index in [-0.39, 0.29) is 17.4 Å². The third-order valence-electron chi connectivity index (χ3n) is 5.92. The van der Waals surface area contributed by atoms with Gasteiger partial charge in [-0.05, 0) is 43.9 Å². The van der Waals surface area contributed by atoms with E-state index in [2.05, 4.69) is 25.9 Å². The Balaban J connectivity index is 1.43. The largest absolute Gasteiger partial charge is 0.361 e. The second-order valence-electron chi connectivity index (χ2n) is 8.35. The van der Waals surface area contributed by atoms with Crippen LogP contribution < -0.4 is 16.0 Å². The smallest absolute Gasteiger partial charge is 0.251 e. The standard InChI is InChI=1S/C22H23F3N6O/c23-14-3-5-26-10-17(14)29-21-16(25)8-15(24)20(30-21)18-11-27-19-7-13(4-6-31(18)19)22(32)28-9-12-1-2-12/h4,6-8,11-12,14,17,26H,1-3,5,9-10H2,(H,28,32)(H,29,30)/t14-,17-/m0/s1. The quantitative estimate of drug-likeness (QED) is 0.545. The fraction of sp³-hybridized carbons (Fsp3) is 0.409. The molecule has 1 aliphatic carbocycles. The Bertz CT molecular complexity index is 1160. The van der Waals surface area contributed by atoms with Gasteiger partial charge in [-0.15, -0.1) is 0 Å². The first-order chi connectivity index (χ1) is 15.5. The zero-order valence-corrected chi connectivity index (χ0v) is 17.2. The van der Waals surface area contributed by atoms with Gasteiger partial charge in [0, 0.05) is 30.9 Å². The van der Waals surface area contributed by atoms with Crippen molar-refractivity contribution in [2.75, 3.05) is 25.0 Å². The van der Waals surface area contributed by atoms with Crippen LogP contribution in [-0.2, 0) is 0 Å². The number of hydrogen-bond donors (Lipinski definition) is 3. The molecule has 168 valence electrons. The molecule has 2 atom stereocenters. The lowest BCUT2D eigenvalue weighted by Gasteiger charge is -2.28. The van der Waals surface area contributed by atoms with E-state index in [9.17, 15) is 18.0 Å². The molecule has 0 radical (unpaired) electrons. The first kappa shape index (κ1) is 20.7. The first-order valence-corrected chi connectivity index (χ1v) is 10.7. The molecule has 1 saturated heterocycles. The minimum absolute atomic E-state index is 0.119. The maximum Gasteiger partial charge on any atom is 0.251 e. The first-order valence-electron chi connectivity index (χ1n) is 10.7. The van der Waals surface area contributed by atoms with Crippen LogP contribution in [0.2, 0.25) is 0 Å². The van der Waals surface area contributed by atoms with Crippen LogP contribution in [0, 0.1) is 17.6 Å². The van der Waals surface area contributed by atoms with Crippen molar-refractivity contribution in [3.63, 3.8) is 0 Å². The molecular weight excluding hydrogens is 421 g/mol.